The van der Waals surface area contributed by atoms with E-state index in [1.165, 1.54) is 36.6 Å². The molecule has 1 N–H and O–H groups in total. The highest BCUT2D eigenvalue weighted by atomic mass is 16.5. The fourth-order valence-corrected chi connectivity index (χ4v) is 4.10. The van der Waals surface area contributed by atoms with Crippen LogP contribution in [0.5, 0.6) is 5.75 Å². The van der Waals surface area contributed by atoms with Crippen LogP contribution >= 0.6 is 0 Å². The van der Waals surface area contributed by atoms with Gasteiger partial charge >= 0.3 is 0 Å². The molecule has 0 saturated heterocycles. The molecule has 0 spiro atoms. The Kier molecular flexibility index (Phi) is 6.15. The lowest BCUT2D eigenvalue weighted by Crippen LogP contribution is -2.24. The molecular weight excluding hydrogens is 414 g/mol. The molecule has 0 radical (unpaired) electrons. The van der Waals surface area contributed by atoms with Crippen LogP contribution in [0.25, 0.3) is 11.3 Å². The first-order valence-electron chi connectivity index (χ1n) is 11.2. The maximum absolute atomic E-state index is 12.7. The summed E-state index contributed by atoms with van der Waals surface area (Å²) in [6.07, 6.45) is 9.52. The van der Waals surface area contributed by atoms with E-state index < -0.39 is 0 Å². The molecule has 2 heterocycles. The first-order chi connectivity index (χ1) is 16.3. The standard InChI is InChI=1S/C27H25N3O3/c31-27(30-17-24-6-3-15-32-24)26-25(28-13-14-29-26)21-9-7-19(8-10-21)18-33-23-12-11-20-4-1-2-5-22(20)16-23/h3,6-16H,1-2,4-5,17-18H2,(H,30,31). The van der Waals surface area contributed by atoms with Crippen LogP contribution in [0.15, 0.2) is 77.7 Å². The molecule has 2 aromatic carbocycles. The Morgan fingerprint density at radius 1 is 0.970 bits per heavy atom. The molecule has 0 fully saturated rings. The van der Waals surface area contributed by atoms with Gasteiger partial charge < -0.3 is 14.5 Å². The number of fused-ring (bicyclic) bond motifs is 1. The Morgan fingerprint density at radius 2 is 1.79 bits per heavy atom. The number of hydrogen-bond donors (Lipinski definition) is 1. The number of aromatic nitrogens is 2. The Bertz CT molecular complexity index is 1230. The maximum Gasteiger partial charge on any atom is 0.272 e. The van der Waals surface area contributed by atoms with Gasteiger partial charge in [0.1, 0.15) is 23.8 Å². The summed E-state index contributed by atoms with van der Waals surface area (Å²) in [7, 11) is 0. The highest BCUT2D eigenvalue weighted by molar-refractivity contribution is 5.97. The van der Waals surface area contributed by atoms with E-state index in [1.807, 2.05) is 30.3 Å². The quantitative estimate of drug-likeness (QED) is 0.432. The van der Waals surface area contributed by atoms with Gasteiger partial charge in [0.2, 0.25) is 0 Å². The lowest BCUT2D eigenvalue weighted by atomic mass is 9.92. The summed E-state index contributed by atoms with van der Waals surface area (Å²) in [6, 6.07) is 17.9. The zero-order valence-electron chi connectivity index (χ0n) is 18.3. The van der Waals surface area contributed by atoms with Crippen molar-refractivity contribution in [2.75, 3.05) is 0 Å². The Balaban J connectivity index is 1.25. The molecule has 0 aliphatic heterocycles. The fourth-order valence-electron chi connectivity index (χ4n) is 4.10. The van der Waals surface area contributed by atoms with E-state index in [9.17, 15) is 4.79 Å². The number of hydrogen-bond acceptors (Lipinski definition) is 5. The van der Waals surface area contributed by atoms with Crippen molar-refractivity contribution >= 4 is 5.91 Å². The summed E-state index contributed by atoms with van der Waals surface area (Å²) >= 11 is 0. The molecule has 0 bridgehead atoms. The van der Waals surface area contributed by atoms with Crippen molar-refractivity contribution in [1.29, 1.82) is 0 Å². The number of aryl methyl sites for hydroxylation is 2. The van der Waals surface area contributed by atoms with Crippen LogP contribution in [-0.2, 0) is 26.0 Å². The summed E-state index contributed by atoms with van der Waals surface area (Å²) in [5.74, 6) is 1.29. The number of rotatable bonds is 7. The van der Waals surface area contributed by atoms with Crippen molar-refractivity contribution in [3.8, 4) is 17.0 Å². The first kappa shape index (κ1) is 20.9. The molecule has 1 aliphatic carbocycles. The molecule has 166 valence electrons. The Labute approximate surface area is 192 Å². The third-order valence-electron chi connectivity index (χ3n) is 5.87. The van der Waals surface area contributed by atoms with Crippen molar-refractivity contribution in [1.82, 2.24) is 15.3 Å². The van der Waals surface area contributed by atoms with Crippen LogP contribution in [0.3, 0.4) is 0 Å². The molecule has 6 heteroatoms. The van der Waals surface area contributed by atoms with Gasteiger partial charge in [0.25, 0.3) is 5.91 Å². The number of carbonyl (C=O) groups is 1. The van der Waals surface area contributed by atoms with Crippen LogP contribution in [0.4, 0.5) is 0 Å². The topological polar surface area (TPSA) is 77.3 Å². The predicted octanol–water partition coefficient (Wildman–Crippen LogP) is 5.12. The van der Waals surface area contributed by atoms with Gasteiger partial charge in [0.05, 0.1) is 12.8 Å². The van der Waals surface area contributed by atoms with Crippen LogP contribution < -0.4 is 10.1 Å². The second kappa shape index (κ2) is 9.69. The summed E-state index contributed by atoms with van der Waals surface area (Å²) in [5, 5.41) is 2.83. The number of carbonyl (C=O) groups excluding carboxylic acids is 1. The SMILES string of the molecule is O=C(NCc1ccco1)c1nccnc1-c1ccc(COc2ccc3c(c2)CCCC3)cc1. The number of nitrogens with one attached hydrogen (secondary N) is 1. The zero-order valence-corrected chi connectivity index (χ0v) is 18.3. The third kappa shape index (κ3) is 4.95. The van der Waals surface area contributed by atoms with E-state index >= 15 is 0 Å². The maximum atomic E-state index is 12.7. The van der Waals surface area contributed by atoms with E-state index in [0.717, 1.165) is 23.3 Å². The third-order valence-corrected chi connectivity index (χ3v) is 5.87. The van der Waals surface area contributed by atoms with Crippen LogP contribution in [0.1, 0.15) is 45.8 Å². The average molecular weight is 440 g/mol. The second-order valence-electron chi connectivity index (χ2n) is 8.14. The molecule has 0 atom stereocenters. The zero-order chi connectivity index (χ0) is 22.5. The molecule has 0 unspecified atom stereocenters. The summed E-state index contributed by atoms with van der Waals surface area (Å²) in [6.45, 7) is 0.775. The molecule has 1 amide bonds. The summed E-state index contributed by atoms with van der Waals surface area (Å²) < 4.78 is 11.3. The van der Waals surface area contributed by atoms with Crippen molar-refractivity contribution in [3.63, 3.8) is 0 Å². The minimum atomic E-state index is -0.297. The molecule has 4 aromatic rings. The van der Waals surface area contributed by atoms with Gasteiger partial charge in [-0.05, 0) is 66.6 Å². The lowest BCUT2D eigenvalue weighted by molar-refractivity contribution is 0.0943. The highest BCUT2D eigenvalue weighted by Gasteiger charge is 2.16. The first-order valence-corrected chi connectivity index (χ1v) is 11.2. The highest BCUT2D eigenvalue weighted by Crippen LogP contribution is 2.26. The Hall–Kier alpha value is -3.93. The molecule has 33 heavy (non-hydrogen) atoms. The van der Waals surface area contributed by atoms with Crippen molar-refractivity contribution < 1.29 is 13.9 Å². The van der Waals surface area contributed by atoms with Crippen LogP contribution in [0, 0.1) is 0 Å². The Morgan fingerprint density at radius 3 is 2.61 bits per heavy atom. The molecule has 1 aliphatic rings. The van der Waals surface area contributed by atoms with E-state index in [4.69, 9.17) is 9.15 Å². The van der Waals surface area contributed by atoms with Crippen molar-refractivity contribution in [2.24, 2.45) is 0 Å². The van der Waals surface area contributed by atoms with Crippen molar-refractivity contribution in [3.05, 3.63) is 101 Å². The van der Waals surface area contributed by atoms with E-state index in [0.29, 0.717) is 24.6 Å². The van der Waals surface area contributed by atoms with Gasteiger partial charge in [0.15, 0.2) is 5.69 Å². The average Bonchev–Trinajstić information content (AvgIpc) is 3.40. The van der Waals surface area contributed by atoms with Gasteiger partial charge in [-0.2, -0.15) is 0 Å². The van der Waals surface area contributed by atoms with Crippen LogP contribution in [-0.4, -0.2) is 15.9 Å². The minimum absolute atomic E-state index is 0.280. The summed E-state index contributed by atoms with van der Waals surface area (Å²) in [5.41, 5.74) is 5.55. The van der Waals surface area contributed by atoms with Gasteiger partial charge in [0, 0.05) is 18.0 Å². The monoisotopic (exact) mass is 439 g/mol. The largest absolute Gasteiger partial charge is 0.489 e. The number of furan rings is 1. The summed E-state index contributed by atoms with van der Waals surface area (Å²) in [4.78, 5) is 21.3. The predicted molar refractivity (Wildman–Crippen MR) is 125 cm³/mol. The van der Waals surface area contributed by atoms with Crippen LogP contribution in [0.2, 0.25) is 0 Å². The van der Waals surface area contributed by atoms with Gasteiger partial charge in [-0.1, -0.05) is 30.3 Å². The van der Waals surface area contributed by atoms with Gasteiger partial charge in [-0.25, -0.2) is 4.98 Å². The normalized spacial score (nSPS) is 12.7. The number of ether oxygens (including phenoxy) is 1. The number of benzene rings is 2. The van der Waals surface area contributed by atoms with Gasteiger partial charge in [-0.15, -0.1) is 0 Å². The van der Waals surface area contributed by atoms with Gasteiger partial charge in [-0.3, -0.25) is 9.78 Å². The minimum Gasteiger partial charge on any atom is -0.489 e. The molecule has 6 nitrogen and oxygen atoms in total. The number of nitrogens with zero attached hydrogens (tertiary/aromatic N) is 2. The van der Waals surface area contributed by atoms with E-state index in [2.05, 4.69) is 33.5 Å². The smallest absolute Gasteiger partial charge is 0.272 e. The molecule has 5 rings (SSSR count). The molecule has 0 saturated carbocycles. The molecular formula is C27H25N3O3. The lowest BCUT2D eigenvalue weighted by Gasteiger charge is -2.17. The second-order valence-corrected chi connectivity index (χ2v) is 8.14. The van der Waals surface area contributed by atoms with Crippen molar-refractivity contribution in [2.45, 2.75) is 38.8 Å². The van der Waals surface area contributed by atoms with E-state index in [1.54, 1.807) is 18.5 Å². The van der Waals surface area contributed by atoms with E-state index in [-0.39, 0.29) is 11.6 Å². The molecule has 2 aromatic heterocycles. The fraction of sp³-hybridized carbons (Fsp3) is 0.222. The number of amides is 1.